The summed E-state index contributed by atoms with van der Waals surface area (Å²) in [5.74, 6) is -0.346. The van der Waals surface area contributed by atoms with Gasteiger partial charge in [-0.3, -0.25) is 4.79 Å². The van der Waals surface area contributed by atoms with E-state index in [1.165, 1.54) is 32.8 Å². The fourth-order valence-electron chi connectivity index (χ4n) is 3.35. The molecule has 0 aliphatic carbocycles. The van der Waals surface area contributed by atoms with Crippen molar-refractivity contribution in [3.05, 3.63) is 63.6 Å². The summed E-state index contributed by atoms with van der Waals surface area (Å²) in [5, 5.41) is 10.5. The number of aromatic nitrogens is 4. The van der Waals surface area contributed by atoms with E-state index >= 15 is 0 Å². The van der Waals surface area contributed by atoms with E-state index < -0.39 is 0 Å². The first-order valence-electron chi connectivity index (χ1n) is 8.72. The van der Waals surface area contributed by atoms with Gasteiger partial charge >= 0.3 is 5.69 Å². The van der Waals surface area contributed by atoms with Crippen molar-refractivity contribution in [2.75, 3.05) is 6.54 Å². The molecule has 1 aromatic carbocycles. The maximum Gasteiger partial charge on any atom is 0.369 e. The summed E-state index contributed by atoms with van der Waals surface area (Å²) in [6.45, 7) is 0.970. The van der Waals surface area contributed by atoms with E-state index in [9.17, 15) is 14.0 Å². The number of carbonyl (C=O) groups is 1. The molecule has 1 aliphatic rings. The summed E-state index contributed by atoms with van der Waals surface area (Å²) in [4.78, 5) is 27.0. The van der Waals surface area contributed by atoms with E-state index in [4.69, 9.17) is 0 Å². The van der Waals surface area contributed by atoms with Gasteiger partial charge < -0.3 is 4.90 Å². The highest BCUT2D eigenvalue weighted by Gasteiger charge is 2.30. The Labute approximate surface area is 158 Å². The van der Waals surface area contributed by atoms with Gasteiger partial charge in [-0.1, -0.05) is 12.1 Å². The number of tetrazole rings is 1. The molecule has 0 bridgehead atoms. The van der Waals surface area contributed by atoms with E-state index in [2.05, 4.69) is 10.4 Å². The molecule has 1 aliphatic heterocycles. The number of halogens is 1. The van der Waals surface area contributed by atoms with Gasteiger partial charge in [0, 0.05) is 6.54 Å². The Bertz CT molecular complexity index is 980. The Hall–Kier alpha value is -2.81. The minimum absolute atomic E-state index is 0.0252. The first-order chi connectivity index (χ1) is 13.1. The second kappa shape index (κ2) is 7.43. The van der Waals surface area contributed by atoms with Gasteiger partial charge in [0.2, 0.25) is 5.91 Å². The van der Waals surface area contributed by atoms with Crippen molar-refractivity contribution in [3.8, 4) is 5.00 Å². The maximum absolute atomic E-state index is 13.0. The molecule has 9 heteroatoms. The van der Waals surface area contributed by atoms with Crippen LogP contribution in [-0.2, 0) is 17.8 Å². The van der Waals surface area contributed by atoms with Crippen LogP contribution in [0.15, 0.2) is 46.6 Å². The first-order valence-corrected chi connectivity index (χ1v) is 9.60. The minimum atomic E-state index is -0.321. The number of carbonyl (C=O) groups excluding carboxylic acids is 1. The highest BCUT2D eigenvalue weighted by Crippen LogP contribution is 2.20. The summed E-state index contributed by atoms with van der Waals surface area (Å²) >= 11 is 1.41. The lowest BCUT2D eigenvalue weighted by molar-refractivity contribution is -0.131. The molecule has 1 amide bonds. The molecule has 0 radical (unpaired) electrons. The van der Waals surface area contributed by atoms with Crippen LogP contribution in [-0.4, -0.2) is 43.2 Å². The third kappa shape index (κ3) is 3.68. The van der Waals surface area contributed by atoms with E-state index in [1.807, 2.05) is 11.4 Å². The lowest BCUT2D eigenvalue weighted by atomic mass is 10.1. The Balaban J connectivity index is 1.46. The largest absolute Gasteiger partial charge is 0.369 e. The molecule has 27 heavy (non-hydrogen) atoms. The van der Waals surface area contributed by atoms with Crippen LogP contribution in [0.25, 0.3) is 5.00 Å². The Morgan fingerprint density at radius 2 is 2.04 bits per heavy atom. The van der Waals surface area contributed by atoms with Gasteiger partial charge in [0.05, 0.1) is 19.0 Å². The predicted molar refractivity (Wildman–Crippen MR) is 98.3 cm³/mol. The molecule has 0 saturated carbocycles. The third-order valence-electron chi connectivity index (χ3n) is 4.70. The average molecular weight is 387 g/mol. The molecule has 4 rings (SSSR count). The molecular formula is C18H18FN5O2S. The molecule has 140 valence electrons. The molecule has 2 aromatic heterocycles. The molecule has 7 nitrogen and oxygen atoms in total. The number of amides is 1. The van der Waals surface area contributed by atoms with Gasteiger partial charge in [-0.2, -0.15) is 9.36 Å². The number of thiophene rings is 1. The van der Waals surface area contributed by atoms with Crippen molar-refractivity contribution >= 4 is 17.2 Å². The average Bonchev–Trinajstić information content (AvgIpc) is 3.39. The smallest absolute Gasteiger partial charge is 0.338 e. The topological polar surface area (TPSA) is 73.0 Å². The van der Waals surface area contributed by atoms with Gasteiger partial charge in [-0.25, -0.2) is 9.18 Å². The normalized spacial score (nSPS) is 16.8. The van der Waals surface area contributed by atoms with E-state index in [1.54, 1.807) is 23.1 Å². The van der Waals surface area contributed by atoms with Gasteiger partial charge in [0.15, 0.2) is 0 Å². The van der Waals surface area contributed by atoms with Crippen molar-refractivity contribution in [3.63, 3.8) is 0 Å². The summed E-state index contributed by atoms with van der Waals surface area (Å²) in [6, 6.07) is 9.51. The predicted octanol–water partition coefficient (Wildman–Crippen LogP) is 1.86. The van der Waals surface area contributed by atoms with Crippen molar-refractivity contribution < 1.29 is 9.18 Å². The third-order valence-corrected chi connectivity index (χ3v) is 5.55. The number of rotatable bonds is 5. The van der Waals surface area contributed by atoms with E-state index in [0.29, 0.717) is 18.1 Å². The standard InChI is InChI=1S/C18H18FN5O2S/c19-14-7-5-13(6-8-14)11-16(25)22-9-1-3-15(22)12-23-18(26)24(21-20-23)17-4-2-10-27-17/h2,4-8,10,15H,1,3,9,11-12H2/t15-/m1/s1. The van der Waals surface area contributed by atoms with E-state index in [0.717, 1.165) is 18.4 Å². The number of benzene rings is 1. The zero-order valence-electron chi connectivity index (χ0n) is 14.5. The fraction of sp³-hybridized carbons (Fsp3) is 0.333. The molecule has 1 fully saturated rings. The Kier molecular flexibility index (Phi) is 4.85. The van der Waals surface area contributed by atoms with Crippen LogP contribution in [0.3, 0.4) is 0 Å². The summed E-state index contributed by atoms with van der Waals surface area (Å²) in [5.41, 5.74) is 0.461. The summed E-state index contributed by atoms with van der Waals surface area (Å²) in [6.07, 6.45) is 1.91. The molecule has 0 spiro atoms. The SMILES string of the molecule is O=C(Cc1ccc(F)cc1)N1CCC[C@@H]1Cn1nnn(-c2cccs2)c1=O. The van der Waals surface area contributed by atoms with Gasteiger partial charge in [-0.05, 0) is 58.5 Å². The van der Waals surface area contributed by atoms with Crippen LogP contribution >= 0.6 is 11.3 Å². The molecule has 1 saturated heterocycles. The van der Waals surface area contributed by atoms with Crippen molar-refractivity contribution in [2.45, 2.75) is 31.8 Å². The fourth-order valence-corrected chi connectivity index (χ4v) is 4.02. The summed E-state index contributed by atoms with van der Waals surface area (Å²) < 4.78 is 15.6. The van der Waals surface area contributed by atoms with Gasteiger partial charge in [0.1, 0.15) is 10.8 Å². The zero-order valence-corrected chi connectivity index (χ0v) is 15.3. The Morgan fingerprint density at radius 3 is 2.78 bits per heavy atom. The van der Waals surface area contributed by atoms with E-state index in [-0.39, 0.29) is 29.9 Å². The molecule has 0 unspecified atom stereocenters. The van der Waals surface area contributed by atoms with Crippen LogP contribution in [0.1, 0.15) is 18.4 Å². The van der Waals surface area contributed by atoms with Crippen LogP contribution in [0, 0.1) is 5.82 Å². The minimum Gasteiger partial charge on any atom is -0.338 e. The van der Waals surface area contributed by atoms with Crippen LogP contribution in [0.2, 0.25) is 0 Å². The second-order valence-electron chi connectivity index (χ2n) is 6.49. The molecule has 3 heterocycles. The first kappa shape index (κ1) is 17.6. The maximum atomic E-state index is 13.0. The molecule has 3 aromatic rings. The lowest BCUT2D eigenvalue weighted by Gasteiger charge is -2.24. The van der Waals surface area contributed by atoms with Crippen LogP contribution < -0.4 is 5.69 Å². The monoisotopic (exact) mass is 387 g/mol. The molecule has 1 atom stereocenters. The van der Waals surface area contributed by atoms with Crippen molar-refractivity contribution in [2.24, 2.45) is 0 Å². The lowest BCUT2D eigenvalue weighted by Crippen LogP contribution is -2.41. The second-order valence-corrected chi connectivity index (χ2v) is 7.42. The van der Waals surface area contributed by atoms with Crippen LogP contribution in [0.4, 0.5) is 4.39 Å². The van der Waals surface area contributed by atoms with Crippen molar-refractivity contribution in [1.82, 2.24) is 24.7 Å². The highest BCUT2D eigenvalue weighted by atomic mass is 32.1. The van der Waals surface area contributed by atoms with Crippen molar-refractivity contribution in [1.29, 1.82) is 0 Å². The zero-order chi connectivity index (χ0) is 18.8. The quantitative estimate of drug-likeness (QED) is 0.670. The number of likely N-dealkylation sites (tertiary alicyclic amines) is 1. The Morgan fingerprint density at radius 1 is 1.22 bits per heavy atom. The number of hydrogen-bond donors (Lipinski definition) is 0. The molecular weight excluding hydrogens is 369 g/mol. The highest BCUT2D eigenvalue weighted by molar-refractivity contribution is 7.12. The van der Waals surface area contributed by atoms with Crippen LogP contribution in [0.5, 0.6) is 0 Å². The van der Waals surface area contributed by atoms with Gasteiger partial charge in [-0.15, -0.1) is 11.3 Å². The molecule has 0 N–H and O–H groups in total. The number of hydrogen-bond acceptors (Lipinski definition) is 5. The van der Waals surface area contributed by atoms with Gasteiger partial charge in [0.25, 0.3) is 0 Å². The number of nitrogens with zero attached hydrogens (tertiary/aromatic N) is 5. The summed E-state index contributed by atoms with van der Waals surface area (Å²) in [7, 11) is 0.